The highest BCUT2D eigenvalue weighted by Crippen LogP contribution is 2.48. The summed E-state index contributed by atoms with van der Waals surface area (Å²) in [6.45, 7) is 0. The Balaban J connectivity index is 2.13. The van der Waals surface area contributed by atoms with Crippen LogP contribution in [0.5, 0.6) is 11.5 Å². The molecule has 1 aromatic carbocycles. The molecular formula is C19H21Br2N3O3. The van der Waals surface area contributed by atoms with Crippen molar-refractivity contribution in [2.75, 3.05) is 32.2 Å². The van der Waals surface area contributed by atoms with Crippen LogP contribution in [-0.2, 0) is 6.42 Å². The van der Waals surface area contributed by atoms with Gasteiger partial charge in [-0.2, -0.15) is 0 Å². The maximum atomic E-state index is 13.3. The molecule has 1 aromatic heterocycles. The van der Waals surface area contributed by atoms with E-state index in [2.05, 4.69) is 42.0 Å². The van der Waals surface area contributed by atoms with Crippen LogP contribution in [0.4, 0.5) is 5.69 Å². The van der Waals surface area contributed by atoms with E-state index in [1.165, 1.54) is 0 Å². The van der Waals surface area contributed by atoms with Gasteiger partial charge in [-0.05, 0) is 54.1 Å². The molecule has 0 bridgehead atoms. The van der Waals surface area contributed by atoms with Crippen molar-refractivity contribution in [3.05, 3.63) is 46.2 Å². The molecule has 0 radical (unpaired) electrons. The number of hydrogen-bond donors (Lipinski definition) is 0. The van der Waals surface area contributed by atoms with E-state index in [-0.39, 0.29) is 11.8 Å². The maximum absolute atomic E-state index is 13.3. The van der Waals surface area contributed by atoms with Crippen molar-refractivity contribution in [2.45, 2.75) is 18.5 Å². The third kappa shape index (κ3) is 3.58. The Labute approximate surface area is 175 Å². The van der Waals surface area contributed by atoms with E-state index < -0.39 is 6.04 Å². The predicted molar refractivity (Wildman–Crippen MR) is 112 cm³/mol. The highest BCUT2D eigenvalue weighted by Gasteiger charge is 2.41. The number of benzene rings is 1. The lowest BCUT2D eigenvalue weighted by Crippen LogP contribution is -2.54. The Morgan fingerprint density at radius 1 is 1.33 bits per heavy atom. The number of carbonyl (C=O) groups is 1. The number of likely N-dealkylation sites (N-methyl/N-ethyl adjacent to an activating group) is 1. The van der Waals surface area contributed by atoms with Gasteiger partial charge in [0.15, 0.2) is 17.3 Å². The summed E-state index contributed by atoms with van der Waals surface area (Å²) in [5.74, 6) is 1.25. The minimum absolute atomic E-state index is 0.00947. The van der Waals surface area contributed by atoms with Gasteiger partial charge < -0.3 is 14.4 Å². The van der Waals surface area contributed by atoms with E-state index in [1.54, 1.807) is 38.7 Å². The summed E-state index contributed by atoms with van der Waals surface area (Å²) in [5, 5.41) is 0. The fraction of sp³-hybridized carbons (Fsp3) is 0.368. The van der Waals surface area contributed by atoms with Crippen molar-refractivity contribution >= 4 is 43.5 Å². The number of hydrogen-bond acceptors (Lipinski definition) is 6. The van der Waals surface area contributed by atoms with E-state index in [4.69, 9.17) is 9.47 Å². The zero-order valence-electron chi connectivity index (χ0n) is 15.6. The zero-order chi connectivity index (χ0) is 19.7. The van der Waals surface area contributed by atoms with Gasteiger partial charge in [0.05, 0.1) is 40.5 Å². The zero-order valence-corrected chi connectivity index (χ0v) is 18.7. The number of fused-ring (bicyclic) bond motifs is 1. The van der Waals surface area contributed by atoms with Crippen molar-refractivity contribution in [3.63, 3.8) is 0 Å². The summed E-state index contributed by atoms with van der Waals surface area (Å²) in [7, 11) is 7.17. The Kier molecular flexibility index (Phi) is 6.08. The van der Waals surface area contributed by atoms with E-state index in [1.807, 2.05) is 24.1 Å². The molecule has 0 fully saturated rings. The van der Waals surface area contributed by atoms with Gasteiger partial charge in [-0.3, -0.25) is 13.7 Å². The molecule has 2 atom stereocenters. The predicted octanol–water partition coefficient (Wildman–Crippen LogP) is 3.72. The van der Waals surface area contributed by atoms with Crippen molar-refractivity contribution in [1.82, 2.24) is 9.88 Å². The SMILES string of the molecule is COc1cc2c(c(Br)c1OC)CC(N(C)C)C(C(=O)c1cccnc1)N2Br. The molecule has 0 N–H and O–H groups in total. The molecule has 27 heavy (non-hydrogen) atoms. The van der Waals surface area contributed by atoms with Crippen LogP contribution in [0, 0.1) is 0 Å². The second kappa shape index (κ2) is 8.16. The van der Waals surface area contributed by atoms with Crippen molar-refractivity contribution in [1.29, 1.82) is 0 Å². The number of nitrogens with zero attached hydrogens (tertiary/aromatic N) is 3. The van der Waals surface area contributed by atoms with Gasteiger partial charge in [0.1, 0.15) is 6.04 Å². The third-order valence-electron chi connectivity index (χ3n) is 4.82. The number of aromatic nitrogens is 1. The van der Waals surface area contributed by atoms with Gasteiger partial charge >= 0.3 is 0 Å². The number of ether oxygens (including phenoxy) is 2. The standard InChI is InChI=1S/C19H21Br2N3O3/c1-23(2)14-8-12-13(9-15(26-3)19(27-4)16(12)20)24(21)17(14)18(25)11-6-5-7-22-10-11/h5-7,9-10,14,17H,8H2,1-4H3. The molecule has 1 aliphatic rings. The van der Waals surface area contributed by atoms with Gasteiger partial charge in [0.25, 0.3) is 0 Å². The normalized spacial score (nSPS) is 19.0. The molecule has 0 amide bonds. The first-order chi connectivity index (χ1) is 12.9. The number of Topliss-reactive ketones (excluding diaryl/α,β-unsaturated/α-hetero) is 1. The van der Waals surface area contributed by atoms with Crippen LogP contribution in [0.25, 0.3) is 0 Å². The van der Waals surface area contributed by atoms with Crippen molar-refractivity contribution < 1.29 is 14.3 Å². The van der Waals surface area contributed by atoms with Crippen molar-refractivity contribution in [2.24, 2.45) is 0 Å². The monoisotopic (exact) mass is 497 g/mol. The first kappa shape index (κ1) is 20.1. The molecule has 0 saturated carbocycles. The van der Waals surface area contributed by atoms with Crippen LogP contribution in [-0.4, -0.2) is 56.1 Å². The van der Waals surface area contributed by atoms with Crippen molar-refractivity contribution in [3.8, 4) is 11.5 Å². The third-order valence-corrected chi connectivity index (χ3v) is 6.48. The summed E-state index contributed by atoms with van der Waals surface area (Å²) < 4.78 is 13.7. The van der Waals surface area contributed by atoms with Gasteiger partial charge in [-0.1, -0.05) is 0 Å². The van der Waals surface area contributed by atoms with Gasteiger partial charge in [0, 0.05) is 30.1 Å². The molecule has 1 aliphatic heterocycles. The highest BCUT2D eigenvalue weighted by molar-refractivity contribution is 9.10. The summed E-state index contributed by atoms with van der Waals surface area (Å²) >= 11 is 7.31. The van der Waals surface area contributed by atoms with E-state index >= 15 is 0 Å². The molecule has 2 aromatic rings. The molecule has 2 heterocycles. The second-order valence-corrected chi connectivity index (χ2v) is 8.08. The molecule has 8 heteroatoms. The number of pyridine rings is 1. The number of rotatable bonds is 5. The van der Waals surface area contributed by atoms with Gasteiger partial charge in [0.2, 0.25) is 0 Å². The average molecular weight is 499 g/mol. The van der Waals surface area contributed by atoms with Gasteiger partial charge in [-0.25, -0.2) is 0 Å². The molecule has 0 spiro atoms. The van der Waals surface area contributed by atoms with Gasteiger partial charge in [-0.15, -0.1) is 0 Å². The van der Waals surface area contributed by atoms with E-state index in [0.29, 0.717) is 23.5 Å². The summed E-state index contributed by atoms with van der Waals surface area (Å²) in [6, 6.07) is 5.00. The van der Waals surface area contributed by atoms with Crippen LogP contribution in [0.15, 0.2) is 35.1 Å². The average Bonchev–Trinajstić information content (AvgIpc) is 2.68. The molecule has 3 rings (SSSR count). The number of carbonyl (C=O) groups excluding carboxylic acids is 1. The second-order valence-electron chi connectivity index (χ2n) is 6.52. The lowest BCUT2D eigenvalue weighted by Gasteiger charge is -2.42. The fourth-order valence-electron chi connectivity index (χ4n) is 3.40. The maximum Gasteiger partial charge on any atom is 0.189 e. The first-order valence-electron chi connectivity index (χ1n) is 8.39. The van der Waals surface area contributed by atoms with Crippen LogP contribution in [0.3, 0.4) is 0 Å². The van der Waals surface area contributed by atoms with Crippen LogP contribution in [0.2, 0.25) is 0 Å². The van der Waals surface area contributed by atoms with E-state index in [0.717, 1.165) is 15.7 Å². The summed E-state index contributed by atoms with van der Waals surface area (Å²) in [5.41, 5.74) is 2.51. The highest BCUT2D eigenvalue weighted by atomic mass is 79.9. The fourth-order valence-corrected chi connectivity index (χ4v) is 4.90. The molecule has 2 unspecified atom stereocenters. The lowest BCUT2D eigenvalue weighted by atomic mass is 9.88. The molecule has 6 nitrogen and oxygen atoms in total. The quantitative estimate of drug-likeness (QED) is 0.462. The molecule has 0 aliphatic carbocycles. The lowest BCUT2D eigenvalue weighted by molar-refractivity contribution is 0.0909. The summed E-state index contributed by atoms with van der Waals surface area (Å²) in [6.07, 6.45) is 3.95. The number of halogens is 2. The van der Waals surface area contributed by atoms with Crippen LogP contribution in [0.1, 0.15) is 15.9 Å². The first-order valence-corrected chi connectivity index (χ1v) is 9.90. The summed E-state index contributed by atoms with van der Waals surface area (Å²) in [4.78, 5) is 19.5. The smallest absolute Gasteiger partial charge is 0.189 e. The molecule has 0 saturated heterocycles. The van der Waals surface area contributed by atoms with Crippen LogP contribution < -0.4 is 13.4 Å². The molecule has 144 valence electrons. The number of methoxy groups -OCH3 is 2. The van der Waals surface area contributed by atoms with Crippen LogP contribution >= 0.6 is 32.1 Å². The Hall–Kier alpha value is -1.64. The minimum Gasteiger partial charge on any atom is -0.493 e. The number of ketones is 1. The topological polar surface area (TPSA) is 54.9 Å². The Morgan fingerprint density at radius 2 is 2.07 bits per heavy atom. The largest absolute Gasteiger partial charge is 0.493 e. The Morgan fingerprint density at radius 3 is 2.63 bits per heavy atom. The van der Waals surface area contributed by atoms with E-state index in [9.17, 15) is 4.79 Å². The Bertz CT molecular complexity index is 846. The minimum atomic E-state index is -0.415. The molecular weight excluding hydrogens is 478 g/mol. The number of anilines is 1.